The minimum absolute atomic E-state index is 0.00216. The molecule has 4 rings (SSSR count). The molecule has 0 N–H and O–H groups in total. The molecule has 2 aromatic carbocycles. The van der Waals surface area contributed by atoms with Gasteiger partial charge in [0.05, 0.1) is 26.0 Å². The van der Waals surface area contributed by atoms with Gasteiger partial charge >= 0.3 is 6.18 Å². The predicted molar refractivity (Wildman–Crippen MR) is 146 cm³/mol. The number of carbonyl (C=O) groups excluding carboxylic acids is 6. The molecule has 0 unspecified atom stereocenters. The lowest BCUT2D eigenvalue weighted by atomic mass is 9.81. The summed E-state index contributed by atoms with van der Waals surface area (Å²) in [7, 11) is -3.44. The number of sulfone groups is 1. The number of carbonyl (C=O) groups is 6. The predicted octanol–water partition coefficient (Wildman–Crippen LogP) is 4.60. The van der Waals surface area contributed by atoms with Crippen molar-refractivity contribution < 1.29 is 55.3 Å². The highest BCUT2D eigenvalue weighted by Gasteiger charge is 2.41. The van der Waals surface area contributed by atoms with Crippen LogP contribution in [0.1, 0.15) is 64.8 Å². The van der Waals surface area contributed by atoms with E-state index in [2.05, 4.69) is 0 Å². The summed E-state index contributed by atoms with van der Waals surface area (Å²) in [4.78, 5) is 81.4. The van der Waals surface area contributed by atoms with Crippen molar-refractivity contribution in [1.29, 1.82) is 0 Å². The molecule has 0 spiro atoms. The van der Waals surface area contributed by atoms with E-state index in [1.54, 1.807) is 0 Å². The number of Topliss-reactive ketones (excluding diaryl/α,β-unsaturated/α-hetero) is 6. The van der Waals surface area contributed by atoms with Gasteiger partial charge in [-0.2, -0.15) is 13.2 Å². The number of alkyl halides is 3. The van der Waals surface area contributed by atoms with Crippen LogP contribution in [0.5, 0.6) is 0 Å². The van der Waals surface area contributed by atoms with Gasteiger partial charge < -0.3 is 0 Å². The van der Waals surface area contributed by atoms with Crippen molar-refractivity contribution in [1.82, 2.24) is 0 Å². The number of nitrogens with zero attached hydrogens (tertiary/aromatic N) is 1. The van der Waals surface area contributed by atoms with Gasteiger partial charge in [0.2, 0.25) is 0 Å². The first kappa shape index (κ1) is 34.4. The standard InChI is InChI=1S/C14H13ClO5S.C14H10F3NO5/c1-21(19,20)8-5-6-9(10(15)7-8)14(18)13-11(16)3-2-4-12(13)17;15-14(16,17)7-4-5-8(9(6-7)18(22)23)13(21)12-10(19)2-1-3-11(12)20/h5-7,13H,2-4H2,1H3;4-6,12H,1-3H2. The van der Waals surface area contributed by atoms with Crippen LogP contribution in [0.2, 0.25) is 5.02 Å². The summed E-state index contributed by atoms with van der Waals surface area (Å²) in [6, 6.07) is 5.02. The summed E-state index contributed by atoms with van der Waals surface area (Å²) < 4.78 is 60.7. The molecule has 234 valence electrons. The molecule has 16 heteroatoms. The Morgan fingerprint density at radius 2 is 1.25 bits per heavy atom. The molecule has 2 aromatic rings. The smallest absolute Gasteiger partial charge is 0.298 e. The number of halogens is 4. The normalized spacial score (nSPS) is 16.8. The molecule has 44 heavy (non-hydrogen) atoms. The minimum atomic E-state index is -4.82. The Kier molecular flexibility index (Phi) is 10.4. The quantitative estimate of drug-likeness (QED) is 0.184. The van der Waals surface area contributed by atoms with E-state index in [4.69, 9.17) is 11.6 Å². The van der Waals surface area contributed by atoms with Crippen LogP contribution in [0.3, 0.4) is 0 Å². The average molecular weight is 658 g/mol. The van der Waals surface area contributed by atoms with Gasteiger partial charge in [0, 0.05) is 43.6 Å². The van der Waals surface area contributed by atoms with Crippen LogP contribution < -0.4 is 0 Å². The largest absolute Gasteiger partial charge is 0.416 e. The zero-order valence-corrected chi connectivity index (χ0v) is 24.4. The second-order valence-corrected chi connectivity index (χ2v) is 12.5. The second-order valence-electron chi connectivity index (χ2n) is 10.1. The van der Waals surface area contributed by atoms with E-state index in [-0.39, 0.29) is 53.7 Å². The van der Waals surface area contributed by atoms with Crippen LogP contribution in [-0.4, -0.2) is 54.3 Å². The van der Waals surface area contributed by atoms with Crippen LogP contribution in [0.4, 0.5) is 18.9 Å². The Morgan fingerprint density at radius 3 is 1.64 bits per heavy atom. The van der Waals surface area contributed by atoms with E-state index in [1.807, 2.05) is 0 Å². The lowest BCUT2D eigenvalue weighted by Gasteiger charge is -2.18. The monoisotopic (exact) mass is 657 g/mol. The van der Waals surface area contributed by atoms with E-state index in [0.29, 0.717) is 18.6 Å². The fourth-order valence-corrected chi connectivity index (χ4v) is 5.69. The van der Waals surface area contributed by atoms with E-state index < -0.39 is 84.3 Å². The van der Waals surface area contributed by atoms with Crippen molar-refractivity contribution in [3.63, 3.8) is 0 Å². The minimum Gasteiger partial charge on any atom is -0.298 e. The molecule has 0 aromatic heterocycles. The summed E-state index contributed by atoms with van der Waals surface area (Å²) in [6.45, 7) is 0. The Labute approximate surface area is 252 Å². The first-order chi connectivity index (χ1) is 20.3. The fraction of sp³-hybridized carbons (Fsp3) is 0.357. The third-order valence-electron chi connectivity index (χ3n) is 6.93. The zero-order chi connectivity index (χ0) is 33.1. The van der Waals surface area contributed by atoms with Crippen molar-refractivity contribution in [2.45, 2.75) is 49.6 Å². The number of ketones is 6. The van der Waals surface area contributed by atoms with E-state index >= 15 is 0 Å². The van der Waals surface area contributed by atoms with Gasteiger partial charge in [0.1, 0.15) is 11.8 Å². The highest BCUT2D eigenvalue weighted by Crippen LogP contribution is 2.34. The van der Waals surface area contributed by atoms with Gasteiger partial charge in [-0.25, -0.2) is 8.42 Å². The molecule has 2 aliphatic carbocycles. The van der Waals surface area contributed by atoms with Crippen LogP contribution in [0.15, 0.2) is 41.3 Å². The lowest BCUT2D eigenvalue weighted by Crippen LogP contribution is -2.35. The molecule has 2 aliphatic rings. The van der Waals surface area contributed by atoms with E-state index in [9.17, 15) is 60.5 Å². The van der Waals surface area contributed by atoms with Gasteiger partial charge in [-0.15, -0.1) is 0 Å². The molecule has 0 atom stereocenters. The Morgan fingerprint density at radius 1 is 0.818 bits per heavy atom. The van der Waals surface area contributed by atoms with Crippen molar-refractivity contribution in [3.8, 4) is 0 Å². The Balaban J connectivity index is 0.000000241. The molecule has 0 radical (unpaired) electrons. The molecule has 0 amide bonds. The van der Waals surface area contributed by atoms with Crippen molar-refractivity contribution >= 4 is 61.8 Å². The fourth-order valence-electron chi connectivity index (χ4n) is 4.70. The topological polar surface area (TPSA) is 180 Å². The molecular weight excluding hydrogens is 635 g/mol. The third kappa shape index (κ3) is 7.69. The van der Waals surface area contributed by atoms with Gasteiger partial charge in [0.15, 0.2) is 44.5 Å². The maximum Gasteiger partial charge on any atom is 0.416 e. The van der Waals surface area contributed by atoms with Crippen LogP contribution >= 0.6 is 11.6 Å². The number of nitro benzene ring substituents is 1. The maximum atomic E-state index is 12.6. The summed E-state index contributed by atoms with van der Waals surface area (Å²) in [5.74, 6) is -6.89. The van der Waals surface area contributed by atoms with Gasteiger partial charge in [-0.3, -0.25) is 38.9 Å². The number of hydrogen-bond acceptors (Lipinski definition) is 10. The Hall–Kier alpha value is -4.11. The number of hydrogen-bond donors (Lipinski definition) is 0. The SMILES string of the molecule is CS(=O)(=O)c1ccc(C(=O)C2C(=O)CCCC2=O)c(Cl)c1.O=C1CCCC(=O)C1C(=O)c1ccc(C(F)(F)F)cc1[N+](=O)[O-]. The van der Waals surface area contributed by atoms with Crippen LogP contribution in [-0.2, 0) is 35.2 Å². The van der Waals surface area contributed by atoms with Crippen molar-refractivity contribution in [3.05, 3.63) is 68.2 Å². The molecule has 2 fully saturated rings. The summed E-state index contributed by atoms with van der Waals surface area (Å²) in [5.41, 5.74) is -3.03. The van der Waals surface area contributed by atoms with E-state index in [1.165, 1.54) is 12.1 Å². The first-order valence-electron chi connectivity index (χ1n) is 12.9. The maximum absolute atomic E-state index is 12.6. The number of nitro groups is 1. The zero-order valence-electron chi connectivity index (χ0n) is 22.8. The number of rotatable bonds is 6. The summed E-state index contributed by atoms with van der Waals surface area (Å²) in [5, 5.41) is 10.9. The molecule has 0 heterocycles. The van der Waals surface area contributed by atoms with Gasteiger partial charge in [0.25, 0.3) is 5.69 Å². The van der Waals surface area contributed by atoms with Crippen LogP contribution in [0.25, 0.3) is 0 Å². The second kappa shape index (κ2) is 13.3. The third-order valence-corrected chi connectivity index (χ3v) is 8.35. The number of benzene rings is 2. The molecule has 11 nitrogen and oxygen atoms in total. The first-order valence-corrected chi connectivity index (χ1v) is 15.2. The Bertz CT molecular complexity index is 1670. The summed E-state index contributed by atoms with van der Waals surface area (Å²) >= 11 is 5.94. The molecule has 0 aliphatic heterocycles. The van der Waals surface area contributed by atoms with Crippen LogP contribution in [0, 0.1) is 22.0 Å². The van der Waals surface area contributed by atoms with Crippen molar-refractivity contribution in [2.75, 3.05) is 6.26 Å². The molecule has 0 saturated heterocycles. The highest BCUT2D eigenvalue weighted by atomic mass is 35.5. The van der Waals surface area contributed by atoms with Crippen molar-refractivity contribution in [2.24, 2.45) is 11.8 Å². The molecule has 0 bridgehead atoms. The average Bonchev–Trinajstić information content (AvgIpc) is 2.91. The molecule has 2 saturated carbocycles. The summed E-state index contributed by atoms with van der Waals surface area (Å²) in [6.07, 6.45) is -2.69. The van der Waals surface area contributed by atoms with Gasteiger partial charge in [-0.1, -0.05) is 11.6 Å². The van der Waals surface area contributed by atoms with E-state index in [0.717, 1.165) is 12.3 Å². The lowest BCUT2D eigenvalue weighted by molar-refractivity contribution is -0.385. The highest BCUT2D eigenvalue weighted by molar-refractivity contribution is 7.90. The molecular formula is C28H23ClF3NO10S. The van der Waals surface area contributed by atoms with Gasteiger partial charge in [-0.05, 0) is 43.2 Å².